The van der Waals surface area contributed by atoms with Gasteiger partial charge in [-0.05, 0) is 82.8 Å². The van der Waals surface area contributed by atoms with Gasteiger partial charge in [-0.3, -0.25) is 24.7 Å². The predicted molar refractivity (Wildman–Crippen MR) is 146 cm³/mol. The summed E-state index contributed by atoms with van der Waals surface area (Å²) in [6, 6.07) is 8.87. The monoisotopic (exact) mass is 517 g/mol. The van der Waals surface area contributed by atoms with Gasteiger partial charge in [0.2, 0.25) is 5.82 Å². The van der Waals surface area contributed by atoms with Crippen molar-refractivity contribution >= 4 is 28.8 Å². The Morgan fingerprint density at radius 2 is 1.47 bits per heavy atom. The van der Waals surface area contributed by atoms with Crippen molar-refractivity contribution in [1.29, 1.82) is 0 Å². The zero-order valence-corrected chi connectivity index (χ0v) is 22.6. The molecule has 0 spiro atoms. The number of imide groups is 1. The zero-order valence-electron chi connectivity index (χ0n) is 22.6. The maximum absolute atomic E-state index is 14.2. The Morgan fingerprint density at radius 1 is 0.816 bits per heavy atom. The van der Waals surface area contributed by atoms with E-state index in [-0.39, 0.29) is 17.4 Å². The molecule has 3 aliphatic heterocycles. The topological polar surface area (TPSA) is 87.5 Å². The number of anilines is 1. The highest BCUT2D eigenvalue weighted by molar-refractivity contribution is 6.16. The van der Waals surface area contributed by atoms with Gasteiger partial charge in [-0.15, -0.1) is 0 Å². The van der Waals surface area contributed by atoms with Gasteiger partial charge in [0.05, 0.1) is 11.0 Å². The number of rotatable bonds is 3. The van der Waals surface area contributed by atoms with Crippen LogP contribution < -0.4 is 15.8 Å². The van der Waals surface area contributed by atoms with E-state index >= 15 is 0 Å². The van der Waals surface area contributed by atoms with Crippen LogP contribution in [0.25, 0.3) is 11.0 Å². The SMILES string of the molecule is CC1(C)C(=O)NC(=O)N1c1nc2ccccc2n([C@H]2C[C@H]3CCC[C@@H](C2)N3C2C[C@H]3CCC[C@@H](C2)C3)c1=O. The Bertz CT molecular complexity index is 1330. The van der Waals surface area contributed by atoms with Crippen LogP contribution in [0.15, 0.2) is 29.1 Å². The van der Waals surface area contributed by atoms with Crippen LogP contribution in [-0.4, -0.2) is 50.1 Å². The summed E-state index contributed by atoms with van der Waals surface area (Å²) in [5, 5.41) is 2.37. The van der Waals surface area contributed by atoms with Crippen molar-refractivity contribution in [2.45, 2.75) is 114 Å². The van der Waals surface area contributed by atoms with Crippen LogP contribution in [0.5, 0.6) is 0 Å². The Balaban J connectivity index is 1.27. The number of fused-ring (bicyclic) bond motifs is 5. The van der Waals surface area contributed by atoms with Crippen molar-refractivity contribution < 1.29 is 9.59 Å². The Labute approximate surface area is 223 Å². The molecular formula is C30H39N5O3. The Hall–Kier alpha value is -2.74. The molecule has 0 radical (unpaired) electrons. The quantitative estimate of drug-likeness (QED) is 0.594. The summed E-state index contributed by atoms with van der Waals surface area (Å²) in [7, 11) is 0. The third kappa shape index (κ3) is 3.74. The van der Waals surface area contributed by atoms with Crippen LogP contribution >= 0.6 is 0 Å². The van der Waals surface area contributed by atoms with Crippen LogP contribution in [-0.2, 0) is 4.79 Å². The van der Waals surface area contributed by atoms with Crippen LogP contribution in [0.4, 0.5) is 10.6 Å². The van der Waals surface area contributed by atoms with E-state index in [0.717, 1.165) is 30.2 Å². The molecule has 3 saturated heterocycles. The molecule has 8 nitrogen and oxygen atoms in total. The van der Waals surface area contributed by atoms with E-state index in [1.807, 2.05) is 28.8 Å². The van der Waals surface area contributed by atoms with Crippen molar-refractivity contribution in [2.75, 3.05) is 4.90 Å². The van der Waals surface area contributed by atoms with Crippen molar-refractivity contribution in [3.05, 3.63) is 34.6 Å². The van der Waals surface area contributed by atoms with Gasteiger partial charge in [-0.25, -0.2) is 9.78 Å². The van der Waals surface area contributed by atoms with Gasteiger partial charge >= 0.3 is 6.03 Å². The number of amides is 3. The zero-order chi connectivity index (χ0) is 26.2. The fourth-order valence-corrected chi connectivity index (χ4v) is 8.81. The molecule has 3 amide bonds. The molecule has 1 unspecified atom stereocenters. The number of benzene rings is 1. The van der Waals surface area contributed by atoms with Gasteiger partial charge < -0.3 is 4.57 Å². The smallest absolute Gasteiger partial charge is 0.300 e. The third-order valence-electron chi connectivity index (χ3n) is 10.4. The molecule has 1 aromatic heterocycles. The van der Waals surface area contributed by atoms with Gasteiger partial charge in [0.25, 0.3) is 11.5 Å². The second kappa shape index (κ2) is 8.90. The summed E-state index contributed by atoms with van der Waals surface area (Å²) in [5.74, 6) is 1.43. The number of carbonyl (C=O) groups excluding carboxylic acids is 2. The first-order valence-corrected chi connectivity index (χ1v) is 14.8. The number of aromatic nitrogens is 2. The van der Waals surface area contributed by atoms with E-state index in [1.165, 1.54) is 62.7 Å². The first kappa shape index (κ1) is 24.3. The van der Waals surface area contributed by atoms with Crippen molar-refractivity contribution in [3.63, 3.8) is 0 Å². The minimum Gasteiger partial charge on any atom is -0.300 e. The summed E-state index contributed by atoms with van der Waals surface area (Å²) in [6.45, 7) is 3.33. The molecule has 7 rings (SSSR count). The van der Waals surface area contributed by atoms with Crippen molar-refractivity contribution in [1.82, 2.24) is 19.8 Å². The maximum Gasteiger partial charge on any atom is 0.330 e. The molecule has 2 aliphatic carbocycles. The molecule has 1 aromatic carbocycles. The third-order valence-corrected chi connectivity index (χ3v) is 10.4. The summed E-state index contributed by atoms with van der Waals surface area (Å²) in [4.78, 5) is 48.4. The summed E-state index contributed by atoms with van der Waals surface area (Å²) in [5.41, 5.74) is 0.0411. The number of urea groups is 1. The molecule has 38 heavy (non-hydrogen) atoms. The molecule has 5 aliphatic rings. The predicted octanol–water partition coefficient (Wildman–Crippen LogP) is 4.76. The highest BCUT2D eigenvalue weighted by Gasteiger charge is 2.49. The van der Waals surface area contributed by atoms with E-state index in [2.05, 4.69) is 15.2 Å². The standard InChI is InChI=1S/C30H39N5O3/c1-30(2)28(37)32-29(38)35(30)26-27(36)34(25-12-4-3-11-24(25)31-26)23-16-20-9-6-10-21(17-23)33(20)22-14-18-7-5-8-19(13-18)15-22/h3-4,11-12,18-23H,5-10,13-17H2,1-2H3,(H,32,37,38)/t18-,19+,20-,21+,22?,23+. The number of nitrogens with one attached hydrogen (secondary N) is 1. The molecule has 4 bridgehead atoms. The lowest BCUT2D eigenvalue weighted by Crippen LogP contribution is -2.58. The highest BCUT2D eigenvalue weighted by Crippen LogP contribution is 2.47. The number of para-hydroxylation sites is 2. The molecule has 8 heteroatoms. The number of carbonyl (C=O) groups is 2. The van der Waals surface area contributed by atoms with Gasteiger partial charge in [0, 0.05) is 24.2 Å². The van der Waals surface area contributed by atoms with E-state index in [1.54, 1.807) is 13.8 Å². The number of hydrogen-bond donors (Lipinski definition) is 1. The summed E-state index contributed by atoms with van der Waals surface area (Å²) in [6.07, 6.45) is 13.9. The summed E-state index contributed by atoms with van der Waals surface area (Å²) < 4.78 is 1.92. The average Bonchev–Trinajstić information content (AvgIpc) is 3.08. The Kier molecular flexibility index (Phi) is 5.69. The lowest BCUT2D eigenvalue weighted by atomic mass is 9.68. The minimum absolute atomic E-state index is 0.0461. The minimum atomic E-state index is -1.18. The second-order valence-electron chi connectivity index (χ2n) is 13.1. The second-order valence-corrected chi connectivity index (χ2v) is 13.1. The van der Waals surface area contributed by atoms with Gasteiger partial charge in [-0.2, -0.15) is 0 Å². The van der Waals surface area contributed by atoms with E-state index in [9.17, 15) is 14.4 Å². The van der Waals surface area contributed by atoms with E-state index < -0.39 is 17.5 Å². The van der Waals surface area contributed by atoms with Crippen LogP contribution in [0.2, 0.25) is 0 Å². The molecule has 6 atom stereocenters. The molecular weight excluding hydrogens is 478 g/mol. The molecule has 2 saturated carbocycles. The molecule has 2 aromatic rings. The normalized spacial score (nSPS) is 34.9. The number of piperidine rings is 2. The lowest BCUT2D eigenvalue weighted by molar-refractivity contribution is -0.122. The number of nitrogens with zero attached hydrogens (tertiary/aromatic N) is 4. The van der Waals surface area contributed by atoms with Crippen LogP contribution in [0.3, 0.4) is 0 Å². The fourth-order valence-electron chi connectivity index (χ4n) is 8.81. The van der Waals surface area contributed by atoms with Gasteiger partial charge in [0.1, 0.15) is 5.54 Å². The van der Waals surface area contributed by atoms with Gasteiger partial charge in [-0.1, -0.05) is 37.8 Å². The Morgan fingerprint density at radius 3 is 2.13 bits per heavy atom. The van der Waals surface area contributed by atoms with E-state index in [4.69, 9.17) is 0 Å². The highest BCUT2D eigenvalue weighted by atomic mass is 16.2. The largest absolute Gasteiger partial charge is 0.330 e. The average molecular weight is 518 g/mol. The number of hydrogen-bond acceptors (Lipinski definition) is 5. The summed E-state index contributed by atoms with van der Waals surface area (Å²) >= 11 is 0. The molecule has 4 heterocycles. The van der Waals surface area contributed by atoms with Crippen molar-refractivity contribution in [2.24, 2.45) is 11.8 Å². The van der Waals surface area contributed by atoms with Gasteiger partial charge in [0.15, 0.2) is 0 Å². The first-order valence-electron chi connectivity index (χ1n) is 14.8. The van der Waals surface area contributed by atoms with E-state index in [0.29, 0.717) is 23.6 Å². The van der Waals surface area contributed by atoms with Crippen LogP contribution in [0.1, 0.15) is 90.5 Å². The maximum atomic E-state index is 14.2. The molecule has 5 fully saturated rings. The van der Waals surface area contributed by atoms with Crippen LogP contribution in [0, 0.1) is 11.8 Å². The van der Waals surface area contributed by atoms with Crippen molar-refractivity contribution in [3.8, 4) is 0 Å². The first-order chi connectivity index (χ1) is 18.3. The lowest BCUT2D eigenvalue weighted by Gasteiger charge is -2.55. The molecule has 1 N–H and O–H groups in total. The molecule has 202 valence electrons. The fraction of sp³-hybridized carbons (Fsp3) is 0.667.